The summed E-state index contributed by atoms with van der Waals surface area (Å²) in [5, 5.41) is 1.41. The lowest BCUT2D eigenvalue weighted by molar-refractivity contribution is -0.00518. The second kappa shape index (κ2) is 3.76. The number of hydrogen-bond donors (Lipinski definition) is 1. The van der Waals surface area contributed by atoms with E-state index in [4.69, 9.17) is 10.7 Å². The molecule has 2 nitrogen and oxygen atoms in total. The number of benzene rings is 1. The summed E-state index contributed by atoms with van der Waals surface area (Å²) < 4.78 is 1.27. The zero-order chi connectivity index (χ0) is 13.3. The molecule has 1 aromatic carbocycles. The van der Waals surface area contributed by atoms with Crippen molar-refractivity contribution in [2.75, 3.05) is 5.73 Å². The summed E-state index contributed by atoms with van der Waals surface area (Å²) in [6.07, 6.45) is 8.68. The number of nitrogens with two attached hydrogens (primary N) is 1. The molecule has 4 aliphatic carbocycles. The van der Waals surface area contributed by atoms with Gasteiger partial charge < -0.3 is 5.73 Å². The van der Waals surface area contributed by atoms with Crippen LogP contribution in [0.4, 0.5) is 5.69 Å². The van der Waals surface area contributed by atoms with Crippen molar-refractivity contribution in [3.63, 3.8) is 0 Å². The van der Waals surface area contributed by atoms with Gasteiger partial charge in [0.1, 0.15) is 5.01 Å². The molecule has 4 aliphatic rings. The van der Waals surface area contributed by atoms with Crippen LogP contribution in [0.25, 0.3) is 10.2 Å². The third kappa shape index (κ3) is 1.53. The molecular formula is C17H20N2S. The van der Waals surface area contributed by atoms with E-state index in [1.807, 2.05) is 17.4 Å². The van der Waals surface area contributed by atoms with Gasteiger partial charge in [-0.1, -0.05) is 0 Å². The minimum Gasteiger partial charge on any atom is -0.399 e. The first-order valence-electron chi connectivity index (χ1n) is 7.87. The number of fused-ring (bicyclic) bond motifs is 1. The van der Waals surface area contributed by atoms with Crippen LogP contribution < -0.4 is 5.73 Å². The van der Waals surface area contributed by atoms with E-state index in [2.05, 4.69) is 12.1 Å². The van der Waals surface area contributed by atoms with Crippen LogP contribution in [0.1, 0.15) is 43.5 Å². The summed E-state index contributed by atoms with van der Waals surface area (Å²) in [6, 6.07) is 6.16. The highest BCUT2D eigenvalue weighted by molar-refractivity contribution is 7.18. The number of rotatable bonds is 1. The highest BCUT2D eigenvalue weighted by Gasteiger charge is 2.52. The molecule has 0 radical (unpaired) electrons. The van der Waals surface area contributed by atoms with Crippen molar-refractivity contribution >= 4 is 27.2 Å². The number of aromatic nitrogens is 1. The Bertz CT molecular complexity index is 652. The summed E-state index contributed by atoms with van der Waals surface area (Å²) in [7, 11) is 0. The van der Waals surface area contributed by atoms with E-state index >= 15 is 0 Å². The van der Waals surface area contributed by atoms with Crippen molar-refractivity contribution in [3.05, 3.63) is 23.2 Å². The van der Waals surface area contributed by atoms with Crippen molar-refractivity contribution < 1.29 is 0 Å². The molecule has 6 rings (SSSR count). The molecule has 4 fully saturated rings. The Balaban J connectivity index is 1.63. The van der Waals surface area contributed by atoms with E-state index in [-0.39, 0.29) is 0 Å². The standard InChI is InChI=1S/C17H20N2S/c18-13-1-2-14-15(6-13)20-16(19-14)17-7-10-3-11(8-17)5-12(4-10)9-17/h1-2,6,10-12H,3-5,7-9,18H2. The second-order valence-electron chi connectivity index (χ2n) is 7.44. The second-order valence-corrected chi connectivity index (χ2v) is 8.47. The van der Waals surface area contributed by atoms with Crippen molar-refractivity contribution in [2.24, 2.45) is 17.8 Å². The van der Waals surface area contributed by atoms with Gasteiger partial charge in [0.2, 0.25) is 0 Å². The first-order valence-corrected chi connectivity index (χ1v) is 8.68. The molecule has 1 heterocycles. The van der Waals surface area contributed by atoms with E-state index in [0.29, 0.717) is 5.41 Å². The average molecular weight is 284 g/mol. The van der Waals surface area contributed by atoms with Gasteiger partial charge in [0.25, 0.3) is 0 Å². The molecule has 0 aliphatic heterocycles. The van der Waals surface area contributed by atoms with Crippen LogP contribution in [0.2, 0.25) is 0 Å². The molecule has 4 bridgehead atoms. The maximum atomic E-state index is 5.92. The summed E-state index contributed by atoms with van der Waals surface area (Å²) in [5.74, 6) is 2.95. The molecule has 0 atom stereocenters. The predicted molar refractivity (Wildman–Crippen MR) is 83.9 cm³/mol. The number of nitrogens with zero attached hydrogens (tertiary/aromatic N) is 1. The van der Waals surface area contributed by atoms with E-state index in [1.54, 1.807) is 0 Å². The molecule has 20 heavy (non-hydrogen) atoms. The Morgan fingerprint density at radius 3 is 2.35 bits per heavy atom. The topological polar surface area (TPSA) is 38.9 Å². The van der Waals surface area contributed by atoms with Crippen molar-refractivity contribution in [3.8, 4) is 0 Å². The number of thiazole rings is 1. The van der Waals surface area contributed by atoms with E-state index in [1.165, 1.54) is 48.2 Å². The largest absolute Gasteiger partial charge is 0.399 e. The Labute approximate surface area is 123 Å². The third-order valence-electron chi connectivity index (χ3n) is 5.90. The molecule has 1 aromatic heterocycles. The molecule has 2 N–H and O–H groups in total. The fourth-order valence-electron chi connectivity index (χ4n) is 5.54. The maximum Gasteiger partial charge on any atom is 0.100 e. The Morgan fingerprint density at radius 1 is 1.05 bits per heavy atom. The number of hydrogen-bond acceptors (Lipinski definition) is 3. The normalized spacial score (nSPS) is 38.7. The zero-order valence-electron chi connectivity index (χ0n) is 11.6. The molecule has 104 valence electrons. The average Bonchev–Trinajstić information content (AvgIpc) is 2.80. The smallest absolute Gasteiger partial charge is 0.100 e. The van der Waals surface area contributed by atoms with Crippen molar-refractivity contribution in [1.29, 1.82) is 0 Å². The van der Waals surface area contributed by atoms with Crippen LogP contribution in [-0.4, -0.2) is 4.98 Å². The molecule has 0 amide bonds. The fraction of sp³-hybridized carbons (Fsp3) is 0.588. The van der Waals surface area contributed by atoms with Crippen LogP contribution in [0, 0.1) is 17.8 Å². The van der Waals surface area contributed by atoms with E-state index < -0.39 is 0 Å². The van der Waals surface area contributed by atoms with Crippen LogP contribution in [0.3, 0.4) is 0 Å². The fourth-order valence-corrected chi connectivity index (χ4v) is 6.77. The SMILES string of the molecule is Nc1ccc2nc(C34CC5CC(CC(C5)C3)C4)sc2c1. The van der Waals surface area contributed by atoms with Crippen molar-refractivity contribution in [2.45, 2.75) is 43.9 Å². The third-order valence-corrected chi connectivity index (χ3v) is 7.17. The molecule has 4 saturated carbocycles. The molecular weight excluding hydrogens is 264 g/mol. The van der Waals surface area contributed by atoms with E-state index in [0.717, 1.165) is 29.0 Å². The minimum atomic E-state index is 0.424. The minimum absolute atomic E-state index is 0.424. The first-order chi connectivity index (χ1) is 9.70. The van der Waals surface area contributed by atoms with Gasteiger partial charge >= 0.3 is 0 Å². The van der Waals surface area contributed by atoms with Crippen molar-refractivity contribution in [1.82, 2.24) is 4.98 Å². The van der Waals surface area contributed by atoms with Crippen LogP contribution in [0.15, 0.2) is 18.2 Å². The first kappa shape index (κ1) is 11.6. The quantitative estimate of drug-likeness (QED) is 0.791. The maximum absolute atomic E-state index is 5.92. The Morgan fingerprint density at radius 2 is 1.70 bits per heavy atom. The van der Waals surface area contributed by atoms with Gasteiger partial charge in [-0.15, -0.1) is 11.3 Å². The summed E-state index contributed by atoms with van der Waals surface area (Å²) in [6.45, 7) is 0. The molecule has 0 spiro atoms. The summed E-state index contributed by atoms with van der Waals surface area (Å²) in [5.41, 5.74) is 8.35. The van der Waals surface area contributed by atoms with Crippen LogP contribution >= 0.6 is 11.3 Å². The summed E-state index contributed by atoms with van der Waals surface area (Å²) >= 11 is 1.91. The molecule has 3 heteroatoms. The van der Waals surface area contributed by atoms with Gasteiger partial charge in [-0.25, -0.2) is 4.98 Å². The summed E-state index contributed by atoms with van der Waals surface area (Å²) in [4.78, 5) is 5.01. The molecule has 0 unspecified atom stereocenters. The Hall–Kier alpha value is -1.09. The monoisotopic (exact) mass is 284 g/mol. The number of anilines is 1. The zero-order valence-corrected chi connectivity index (χ0v) is 12.5. The van der Waals surface area contributed by atoms with E-state index in [9.17, 15) is 0 Å². The lowest BCUT2D eigenvalue weighted by Gasteiger charge is -2.56. The highest BCUT2D eigenvalue weighted by atomic mass is 32.1. The number of nitrogen functional groups attached to an aromatic ring is 1. The van der Waals surface area contributed by atoms with Gasteiger partial charge in [-0.05, 0) is 74.5 Å². The van der Waals surface area contributed by atoms with Gasteiger partial charge in [-0.2, -0.15) is 0 Å². The lowest BCUT2D eigenvalue weighted by atomic mass is 9.50. The van der Waals surface area contributed by atoms with Gasteiger partial charge in [0.05, 0.1) is 10.2 Å². The Kier molecular flexibility index (Phi) is 2.17. The predicted octanol–water partition coefficient (Wildman–Crippen LogP) is 4.35. The lowest BCUT2D eigenvalue weighted by Crippen LogP contribution is -2.48. The van der Waals surface area contributed by atoms with Gasteiger partial charge in [0, 0.05) is 11.1 Å². The van der Waals surface area contributed by atoms with Crippen LogP contribution in [-0.2, 0) is 5.41 Å². The molecule has 0 saturated heterocycles. The van der Waals surface area contributed by atoms with Gasteiger partial charge in [0.15, 0.2) is 0 Å². The highest BCUT2D eigenvalue weighted by Crippen LogP contribution is 2.61. The van der Waals surface area contributed by atoms with Crippen LogP contribution in [0.5, 0.6) is 0 Å². The van der Waals surface area contributed by atoms with Gasteiger partial charge in [-0.3, -0.25) is 0 Å². The molecule has 2 aromatic rings.